The first kappa shape index (κ1) is 25.9. The van der Waals surface area contributed by atoms with Crippen molar-refractivity contribution in [1.29, 1.82) is 0 Å². The number of rotatable bonds is 8. The fraction of sp³-hybridized carbons (Fsp3) is 0.400. The Morgan fingerprint density at radius 2 is 1.69 bits per heavy atom. The second-order valence-electron chi connectivity index (χ2n) is 8.80. The van der Waals surface area contributed by atoms with E-state index in [1.165, 1.54) is 23.9 Å². The molecule has 0 spiro atoms. The molecule has 1 fully saturated rings. The number of hydrogen-bond acceptors (Lipinski definition) is 5. The minimum absolute atomic E-state index is 0.00430. The minimum atomic E-state index is -0.959. The zero-order valence-electron chi connectivity index (χ0n) is 19.2. The molecule has 2 amide bonds. The molecule has 11 heteroatoms. The third-order valence-corrected chi connectivity index (χ3v) is 7.60. The SMILES string of the molecule is O=C(NCCNC(=O)C1Cc2cc(F)ccc2S1)c1cc(F)c(O[C@H]2CC[C@@H](C(=O)O)CC2)cc1F. The summed E-state index contributed by atoms with van der Waals surface area (Å²) < 4.78 is 47.9. The number of amides is 2. The summed E-state index contributed by atoms with van der Waals surface area (Å²) in [5.41, 5.74) is 0.274. The van der Waals surface area contributed by atoms with Crippen molar-refractivity contribution < 1.29 is 37.4 Å². The molecule has 3 N–H and O–H groups in total. The minimum Gasteiger partial charge on any atom is -0.487 e. The number of ether oxygens (including phenoxy) is 1. The van der Waals surface area contributed by atoms with Gasteiger partial charge in [0.1, 0.15) is 11.6 Å². The van der Waals surface area contributed by atoms with E-state index in [4.69, 9.17) is 9.84 Å². The maximum absolute atomic E-state index is 14.5. The molecule has 192 valence electrons. The molecule has 2 aromatic carbocycles. The van der Waals surface area contributed by atoms with E-state index < -0.39 is 46.3 Å². The number of carbonyl (C=O) groups excluding carboxylic acids is 2. The lowest BCUT2D eigenvalue weighted by Crippen LogP contribution is -2.38. The zero-order chi connectivity index (χ0) is 25.8. The Bertz CT molecular complexity index is 1170. The molecule has 1 unspecified atom stereocenters. The molecule has 0 bridgehead atoms. The van der Waals surface area contributed by atoms with Crippen LogP contribution in [0.3, 0.4) is 0 Å². The van der Waals surface area contributed by atoms with E-state index in [2.05, 4.69) is 10.6 Å². The van der Waals surface area contributed by atoms with Crippen molar-refractivity contribution >= 4 is 29.5 Å². The highest BCUT2D eigenvalue weighted by Crippen LogP contribution is 2.37. The second-order valence-corrected chi connectivity index (χ2v) is 10.0. The van der Waals surface area contributed by atoms with Crippen molar-refractivity contribution in [1.82, 2.24) is 10.6 Å². The molecule has 0 radical (unpaired) electrons. The molecule has 0 aromatic heterocycles. The van der Waals surface area contributed by atoms with Crippen LogP contribution in [0.25, 0.3) is 0 Å². The molecule has 1 heterocycles. The van der Waals surface area contributed by atoms with Gasteiger partial charge in [-0.25, -0.2) is 13.2 Å². The Hall–Kier alpha value is -3.21. The van der Waals surface area contributed by atoms with E-state index >= 15 is 0 Å². The maximum Gasteiger partial charge on any atom is 0.306 e. The van der Waals surface area contributed by atoms with Gasteiger partial charge in [0.25, 0.3) is 5.91 Å². The van der Waals surface area contributed by atoms with Gasteiger partial charge >= 0.3 is 5.97 Å². The maximum atomic E-state index is 14.5. The number of carboxylic acid groups (broad SMARTS) is 1. The van der Waals surface area contributed by atoms with Crippen LogP contribution in [0.15, 0.2) is 35.2 Å². The predicted octanol–water partition coefficient (Wildman–Crippen LogP) is 3.69. The van der Waals surface area contributed by atoms with Crippen molar-refractivity contribution in [3.63, 3.8) is 0 Å². The summed E-state index contributed by atoms with van der Waals surface area (Å²) in [6, 6.07) is 5.95. The molecular formula is C25H25F3N2O5S. The summed E-state index contributed by atoms with van der Waals surface area (Å²) in [6.45, 7) is 0.0757. The number of hydrogen-bond donors (Lipinski definition) is 3. The van der Waals surface area contributed by atoms with Gasteiger partial charge in [-0.05, 0) is 61.9 Å². The molecule has 1 aliphatic carbocycles. The molecule has 2 aromatic rings. The van der Waals surface area contributed by atoms with Gasteiger partial charge in [0, 0.05) is 24.1 Å². The van der Waals surface area contributed by atoms with Crippen LogP contribution < -0.4 is 15.4 Å². The third kappa shape index (κ3) is 6.13. The van der Waals surface area contributed by atoms with Gasteiger partial charge in [0.15, 0.2) is 11.6 Å². The van der Waals surface area contributed by atoms with E-state index in [9.17, 15) is 27.6 Å². The fourth-order valence-corrected chi connectivity index (χ4v) is 5.53. The number of halogens is 3. The van der Waals surface area contributed by atoms with E-state index in [-0.39, 0.29) is 30.6 Å². The number of nitrogens with one attached hydrogen (secondary N) is 2. The first-order valence-electron chi connectivity index (χ1n) is 11.6. The fourth-order valence-electron chi connectivity index (χ4n) is 4.33. The van der Waals surface area contributed by atoms with Crippen molar-refractivity contribution in [2.24, 2.45) is 5.92 Å². The number of benzene rings is 2. The van der Waals surface area contributed by atoms with E-state index in [1.807, 2.05) is 0 Å². The van der Waals surface area contributed by atoms with Crippen LogP contribution in [-0.2, 0) is 16.0 Å². The van der Waals surface area contributed by atoms with Crippen molar-refractivity contribution in [3.05, 3.63) is 58.9 Å². The Morgan fingerprint density at radius 1 is 0.972 bits per heavy atom. The van der Waals surface area contributed by atoms with Gasteiger partial charge in [-0.15, -0.1) is 11.8 Å². The Kier molecular flexibility index (Phi) is 8.07. The monoisotopic (exact) mass is 522 g/mol. The first-order valence-corrected chi connectivity index (χ1v) is 12.5. The van der Waals surface area contributed by atoms with Gasteiger partial charge < -0.3 is 20.5 Å². The van der Waals surface area contributed by atoms with Crippen LogP contribution in [-0.4, -0.2) is 47.3 Å². The lowest BCUT2D eigenvalue weighted by molar-refractivity contribution is -0.143. The highest BCUT2D eigenvalue weighted by atomic mass is 32.2. The smallest absolute Gasteiger partial charge is 0.306 e. The standard InChI is InChI=1S/C25H25F3N2O5S/c26-15-3-6-21-14(9-15)10-22(36-21)24(32)30-8-7-29-23(31)17-11-19(28)20(12-18(17)27)35-16-4-1-13(2-5-16)25(33)34/h3,6,9,11-13,16,22H,1-2,4-5,7-8,10H2,(H,29,31)(H,30,32)(H,33,34)/t13-,16+,22?. The number of carboxylic acids is 1. The second kappa shape index (κ2) is 11.2. The summed E-state index contributed by atoms with van der Waals surface area (Å²) in [4.78, 5) is 36.6. The largest absolute Gasteiger partial charge is 0.487 e. The van der Waals surface area contributed by atoms with Crippen molar-refractivity contribution in [2.45, 2.75) is 48.4 Å². The number of fused-ring (bicyclic) bond motifs is 1. The molecule has 7 nitrogen and oxygen atoms in total. The van der Waals surface area contributed by atoms with Crippen LogP contribution in [0.2, 0.25) is 0 Å². The summed E-state index contributed by atoms with van der Waals surface area (Å²) in [5.74, 6) is -4.98. The van der Waals surface area contributed by atoms with E-state index in [0.29, 0.717) is 32.1 Å². The number of thioether (sulfide) groups is 1. The van der Waals surface area contributed by atoms with Crippen LogP contribution in [0.4, 0.5) is 13.2 Å². The third-order valence-electron chi connectivity index (χ3n) is 6.28. The van der Waals surface area contributed by atoms with Gasteiger partial charge in [-0.1, -0.05) is 0 Å². The molecule has 0 saturated heterocycles. The number of aliphatic carboxylic acids is 1. The lowest BCUT2D eigenvalue weighted by atomic mass is 9.87. The average molecular weight is 523 g/mol. The molecular weight excluding hydrogens is 497 g/mol. The van der Waals surface area contributed by atoms with Gasteiger partial charge in [0.05, 0.1) is 22.8 Å². The number of carbonyl (C=O) groups is 3. The first-order chi connectivity index (χ1) is 17.2. The van der Waals surface area contributed by atoms with Crippen molar-refractivity contribution in [3.8, 4) is 5.75 Å². The molecule has 1 saturated carbocycles. The molecule has 1 aliphatic heterocycles. The summed E-state index contributed by atoms with van der Waals surface area (Å²) in [5, 5.41) is 13.8. The van der Waals surface area contributed by atoms with Crippen LogP contribution in [0.5, 0.6) is 5.75 Å². The quantitative estimate of drug-likeness (QED) is 0.457. The molecule has 4 rings (SSSR count). The zero-order valence-corrected chi connectivity index (χ0v) is 20.0. The highest BCUT2D eigenvalue weighted by molar-refractivity contribution is 8.01. The van der Waals surface area contributed by atoms with Gasteiger partial charge in [-0.2, -0.15) is 0 Å². The normalized spacial score (nSPS) is 20.9. The molecule has 1 atom stereocenters. The van der Waals surface area contributed by atoms with E-state index in [0.717, 1.165) is 22.6 Å². The Balaban J connectivity index is 1.23. The van der Waals surface area contributed by atoms with Crippen LogP contribution in [0.1, 0.15) is 41.6 Å². The highest BCUT2D eigenvalue weighted by Gasteiger charge is 2.29. The Morgan fingerprint density at radius 3 is 2.42 bits per heavy atom. The summed E-state index contributed by atoms with van der Waals surface area (Å²) in [6.07, 6.45) is 1.58. The lowest BCUT2D eigenvalue weighted by Gasteiger charge is -2.27. The van der Waals surface area contributed by atoms with Crippen LogP contribution >= 0.6 is 11.8 Å². The summed E-state index contributed by atoms with van der Waals surface area (Å²) in [7, 11) is 0. The molecule has 36 heavy (non-hydrogen) atoms. The molecule has 2 aliphatic rings. The van der Waals surface area contributed by atoms with Gasteiger partial charge in [0.2, 0.25) is 5.91 Å². The van der Waals surface area contributed by atoms with E-state index in [1.54, 1.807) is 6.07 Å². The average Bonchev–Trinajstić information content (AvgIpc) is 3.27. The summed E-state index contributed by atoms with van der Waals surface area (Å²) >= 11 is 1.34. The van der Waals surface area contributed by atoms with Gasteiger partial charge in [-0.3, -0.25) is 14.4 Å². The van der Waals surface area contributed by atoms with Crippen LogP contribution in [0, 0.1) is 23.4 Å². The van der Waals surface area contributed by atoms with Crippen molar-refractivity contribution in [2.75, 3.05) is 13.1 Å². The topological polar surface area (TPSA) is 105 Å². The predicted molar refractivity (Wildman–Crippen MR) is 125 cm³/mol. The Labute approximate surface area is 209 Å².